The van der Waals surface area contributed by atoms with Crippen LogP contribution in [0.15, 0.2) is 18.2 Å². The average Bonchev–Trinajstić information content (AvgIpc) is 2.47. The van der Waals surface area contributed by atoms with Crippen LogP contribution in [0.2, 0.25) is 0 Å². The van der Waals surface area contributed by atoms with Crippen molar-refractivity contribution >= 4 is 11.8 Å². The number of benzene rings is 1. The molecule has 1 rings (SSSR count). The zero-order valence-electron chi connectivity index (χ0n) is 14.4. The van der Waals surface area contributed by atoms with Crippen LogP contribution in [-0.2, 0) is 20.7 Å². The van der Waals surface area contributed by atoms with Crippen molar-refractivity contribution in [1.82, 2.24) is 0 Å². The number of hydrogen-bond acceptors (Lipinski definition) is 3. The van der Waals surface area contributed by atoms with Crippen molar-refractivity contribution in [3.05, 3.63) is 34.9 Å². The van der Waals surface area contributed by atoms with Gasteiger partial charge in [-0.3, -0.25) is 14.1 Å². The predicted octanol–water partition coefficient (Wildman–Crippen LogP) is 2.79. The Morgan fingerprint density at radius 1 is 1.09 bits per heavy atom. The molecule has 4 heteroatoms. The van der Waals surface area contributed by atoms with Gasteiger partial charge in [0, 0.05) is 13.3 Å². The number of ketones is 1. The van der Waals surface area contributed by atoms with Crippen molar-refractivity contribution in [2.75, 3.05) is 26.4 Å². The predicted molar refractivity (Wildman–Crippen MR) is 87.5 cm³/mol. The van der Waals surface area contributed by atoms with Crippen LogP contribution in [-0.4, -0.2) is 42.6 Å². The molecule has 0 aliphatic heterocycles. The molecule has 0 fully saturated rings. The first-order valence-corrected chi connectivity index (χ1v) is 7.88. The number of quaternary nitrogens is 1. The number of carbonyl (C=O) groups excluding carboxylic acids is 2. The van der Waals surface area contributed by atoms with E-state index in [0.717, 1.165) is 29.8 Å². The number of nitrogens with zero attached hydrogens (tertiary/aromatic N) is 1. The van der Waals surface area contributed by atoms with Crippen LogP contribution < -0.4 is 0 Å². The molecule has 4 nitrogen and oxygen atoms in total. The quantitative estimate of drug-likeness (QED) is 0.421. The normalized spacial score (nSPS) is 11.3. The summed E-state index contributed by atoms with van der Waals surface area (Å²) in [6, 6.07) is 6.09. The van der Waals surface area contributed by atoms with Crippen molar-refractivity contribution in [2.24, 2.45) is 0 Å². The molecule has 0 atom stereocenters. The minimum absolute atomic E-state index is 0.188. The van der Waals surface area contributed by atoms with Gasteiger partial charge in [0.15, 0.2) is 5.78 Å². The van der Waals surface area contributed by atoms with E-state index in [2.05, 4.69) is 0 Å². The molecule has 0 radical (unpaired) electrons. The van der Waals surface area contributed by atoms with Gasteiger partial charge in [-0.05, 0) is 44.4 Å². The van der Waals surface area contributed by atoms with Crippen LogP contribution in [0.25, 0.3) is 0 Å². The second-order valence-electron chi connectivity index (χ2n) is 5.98. The summed E-state index contributed by atoms with van der Waals surface area (Å²) in [5.74, 6) is -0.111. The van der Waals surface area contributed by atoms with Crippen LogP contribution in [0.5, 0.6) is 0 Å². The topological polar surface area (TPSA) is 43.4 Å². The maximum absolute atomic E-state index is 12.5. The van der Waals surface area contributed by atoms with Crippen molar-refractivity contribution < 1.29 is 18.8 Å². The van der Waals surface area contributed by atoms with Gasteiger partial charge in [0.05, 0.1) is 13.1 Å². The highest BCUT2D eigenvalue weighted by Crippen LogP contribution is 2.16. The lowest BCUT2D eigenvalue weighted by atomic mass is 9.98. The SMILES string of the molecule is CC[N+](CC)(COC(C)=O)CC(=O)Cc1c(C)cccc1C. The van der Waals surface area contributed by atoms with E-state index < -0.39 is 0 Å². The summed E-state index contributed by atoms with van der Waals surface area (Å²) in [5.41, 5.74) is 3.42. The second-order valence-corrected chi connectivity index (χ2v) is 5.98. The number of likely N-dealkylation sites (N-methyl/N-ethyl adjacent to an activating group) is 1. The number of Topliss-reactive ketones (excluding diaryl/α,β-unsaturated/α-hetero) is 1. The molecule has 122 valence electrons. The van der Waals surface area contributed by atoms with Gasteiger partial charge in [0.25, 0.3) is 0 Å². The fraction of sp³-hybridized carbons (Fsp3) is 0.556. The summed E-state index contributed by atoms with van der Waals surface area (Å²) in [6.45, 7) is 11.7. The van der Waals surface area contributed by atoms with Gasteiger partial charge >= 0.3 is 5.97 Å². The minimum Gasteiger partial charge on any atom is -0.415 e. The molecule has 22 heavy (non-hydrogen) atoms. The number of hydrogen-bond donors (Lipinski definition) is 0. The zero-order valence-corrected chi connectivity index (χ0v) is 14.4. The Kier molecular flexibility index (Phi) is 6.75. The molecule has 0 aromatic heterocycles. The fourth-order valence-electron chi connectivity index (χ4n) is 2.66. The third-order valence-electron chi connectivity index (χ3n) is 4.41. The standard InChI is InChI=1S/C18H28NO3/c1-6-19(7-2,13-22-16(5)20)12-17(21)11-18-14(3)9-8-10-15(18)4/h8-10H,6-7,11-13H2,1-5H3/q+1. The smallest absolute Gasteiger partial charge is 0.306 e. The monoisotopic (exact) mass is 306 g/mol. The summed E-state index contributed by atoms with van der Waals surface area (Å²) >= 11 is 0. The van der Waals surface area contributed by atoms with Gasteiger partial charge in [-0.1, -0.05) is 18.2 Å². The highest BCUT2D eigenvalue weighted by atomic mass is 16.5. The maximum Gasteiger partial charge on any atom is 0.306 e. The molecule has 0 heterocycles. The molecule has 0 saturated carbocycles. The lowest BCUT2D eigenvalue weighted by Crippen LogP contribution is -2.52. The number of rotatable bonds is 8. The van der Waals surface area contributed by atoms with Gasteiger partial charge in [-0.25, -0.2) is 0 Å². The Labute approximate surface area is 133 Å². The maximum atomic E-state index is 12.5. The molecule has 1 aromatic rings. The van der Waals surface area contributed by atoms with Crippen molar-refractivity contribution in [3.63, 3.8) is 0 Å². The molecule has 0 bridgehead atoms. The van der Waals surface area contributed by atoms with E-state index in [0.29, 0.717) is 17.4 Å². The number of esters is 1. The molecule has 0 aliphatic rings. The second kappa shape index (κ2) is 8.08. The van der Waals surface area contributed by atoms with Gasteiger partial charge in [-0.2, -0.15) is 0 Å². The zero-order chi connectivity index (χ0) is 16.8. The minimum atomic E-state index is -0.299. The first-order chi connectivity index (χ1) is 10.3. The molecule has 0 saturated heterocycles. The summed E-state index contributed by atoms with van der Waals surface area (Å²) in [6.07, 6.45) is 0.443. The van der Waals surface area contributed by atoms with E-state index in [1.165, 1.54) is 6.92 Å². The third kappa shape index (κ3) is 4.95. The lowest BCUT2D eigenvalue weighted by molar-refractivity contribution is -0.933. The lowest BCUT2D eigenvalue weighted by Gasteiger charge is -2.35. The molecule has 0 unspecified atom stereocenters. The summed E-state index contributed by atoms with van der Waals surface area (Å²) in [4.78, 5) is 23.6. The summed E-state index contributed by atoms with van der Waals surface area (Å²) in [5, 5.41) is 0. The largest absolute Gasteiger partial charge is 0.415 e. The van der Waals surface area contributed by atoms with Gasteiger partial charge in [-0.15, -0.1) is 0 Å². The molecule has 0 amide bonds. The van der Waals surface area contributed by atoms with Crippen LogP contribution in [0.4, 0.5) is 0 Å². The van der Waals surface area contributed by atoms with E-state index in [1.54, 1.807) is 0 Å². The number of carbonyl (C=O) groups is 2. The van der Waals surface area contributed by atoms with Crippen molar-refractivity contribution in [3.8, 4) is 0 Å². The van der Waals surface area contributed by atoms with Crippen LogP contribution in [0.3, 0.4) is 0 Å². The van der Waals surface area contributed by atoms with E-state index in [9.17, 15) is 9.59 Å². The molecule has 0 spiro atoms. The number of ether oxygens (including phenoxy) is 1. The van der Waals surface area contributed by atoms with Crippen molar-refractivity contribution in [1.29, 1.82) is 0 Å². The fourth-order valence-corrected chi connectivity index (χ4v) is 2.66. The molecular weight excluding hydrogens is 278 g/mol. The van der Waals surface area contributed by atoms with Crippen LogP contribution in [0, 0.1) is 13.8 Å². The molecule has 1 aromatic carbocycles. The highest BCUT2D eigenvalue weighted by Gasteiger charge is 2.28. The average molecular weight is 306 g/mol. The Hall–Kier alpha value is -1.68. The Morgan fingerprint density at radius 2 is 1.64 bits per heavy atom. The third-order valence-corrected chi connectivity index (χ3v) is 4.41. The summed E-state index contributed by atoms with van der Waals surface area (Å²) < 4.78 is 5.66. The van der Waals surface area contributed by atoms with Gasteiger partial charge in [0.2, 0.25) is 6.73 Å². The molecule has 0 aliphatic carbocycles. The van der Waals surface area contributed by atoms with E-state index >= 15 is 0 Å². The van der Waals surface area contributed by atoms with Crippen LogP contribution >= 0.6 is 0 Å². The van der Waals surface area contributed by atoms with Gasteiger partial charge in [0.1, 0.15) is 6.54 Å². The first-order valence-electron chi connectivity index (χ1n) is 7.88. The van der Waals surface area contributed by atoms with Gasteiger partial charge < -0.3 is 4.74 Å². The van der Waals surface area contributed by atoms with E-state index in [-0.39, 0.29) is 18.5 Å². The van der Waals surface area contributed by atoms with Crippen LogP contribution in [0.1, 0.15) is 37.5 Å². The highest BCUT2D eigenvalue weighted by molar-refractivity contribution is 5.82. The Balaban J connectivity index is 2.81. The Morgan fingerprint density at radius 3 is 2.09 bits per heavy atom. The molecular formula is C18H28NO3+. The Bertz CT molecular complexity index is 513. The summed E-state index contributed by atoms with van der Waals surface area (Å²) in [7, 11) is 0. The van der Waals surface area contributed by atoms with Crippen molar-refractivity contribution in [2.45, 2.75) is 41.0 Å². The van der Waals surface area contributed by atoms with E-state index in [4.69, 9.17) is 4.74 Å². The number of aryl methyl sites for hydroxylation is 2. The van der Waals surface area contributed by atoms with E-state index in [1.807, 2.05) is 45.9 Å². The molecule has 0 N–H and O–H groups in total. The first kappa shape index (κ1) is 18.4.